The van der Waals surface area contributed by atoms with Crippen molar-refractivity contribution < 1.29 is 32.2 Å². The van der Waals surface area contributed by atoms with Crippen molar-refractivity contribution in [3.05, 3.63) is 59.7 Å². The molecule has 184 valence electrons. The fourth-order valence-electron chi connectivity index (χ4n) is 3.77. The molecule has 2 aromatic rings. The molecule has 0 radical (unpaired) electrons. The van der Waals surface area contributed by atoms with E-state index < -0.39 is 16.0 Å². The largest absolute Gasteiger partial charge is 0.493 e. The molecule has 10 heteroatoms. The van der Waals surface area contributed by atoms with Gasteiger partial charge in [0.1, 0.15) is 4.90 Å². The summed E-state index contributed by atoms with van der Waals surface area (Å²) in [4.78, 5) is 13.6. The van der Waals surface area contributed by atoms with Crippen molar-refractivity contribution in [3.8, 4) is 11.5 Å². The molecule has 1 aliphatic heterocycles. The third kappa shape index (κ3) is 6.35. The maximum atomic E-state index is 13.4. The number of hydrogen-bond acceptors (Lipinski definition) is 8. The second-order valence-electron chi connectivity index (χ2n) is 7.54. The quantitative estimate of drug-likeness (QED) is 0.400. The fraction of sp³-hybridized carbons (Fsp3) is 0.375. The highest BCUT2D eigenvalue weighted by Gasteiger charge is 2.28. The minimum atomic E-state index is -4.01. The summed E-state index contributed by atoms with van der Waals surface area (Å²) in [6.07, 6.45) is 2.66. The van der Waals surface area contributed by atoms with Crippen molar-refractivity contribution in [2.45, 2.75) is 10.9 Å². The van der Waals surface area contributed by atoms with Gasteiger partial charge in [0.25, 0.3) is 0 Å². The van der Waals surface area contributed by atoms with Crippen LogP contribution in [0.15, 0.2) is 53.4 Å². The van der Waals surface area contributed by atoms with Crippen LogP contribution in [0.4, 0.5) is 0 Å². The maximum absolute atomic E-state index is 13.4. The molecule has 9 nitrogen and oxygen atoms in total. The molecule has 0 amide bonds. The van der Waals surface area contributed by atoms with Gasteiger partial charge in [0.15, 0.2) is 11.5 Å². The Labute approximate surface area is 200 Å². The number of rotatable bonds is 10. The molecule has 1 heterocycles. The smallest absolute Gasteiger partial charge is 0.330 e. The zero-order chi connectivity index (χ0) is 24.6. The first-order chi connectivity index (χ1) is 16.4. The Bertz CT molecular complexity index is 1100. The fourth-order valence-corrected chi connectivity index (χ4v) is 5.02. The first-order valence-electron chi connectivity index (χ1n) is 10.8. The second kappa shape index (κ2) is 12.0. The Balaban J connectivity index is 1.93. The number of methoxy groups -OCH3 is 3. The lowest BCUT2D eigenvalue weighted by Crippen LogP contribution is -2.43. The van der Waals surface area contributed by atoms with Crippen LogP contribution in [-0.4, -0.2) is 73.5 Å². The zero-order valence-electron chi connectivity index (χ0n) is 19.5. The maximum Gasteiger partial charge on any atom is 0.330 e. The highest BCUT2D eigenvalue weighted by molar-refractivity contribution is 7.89. The van der Waals surface area contributed by atoms with Gasteiger partial charge in [-0.2, -0.15) is 0 Å². The highest BCUT2D eigenvalue weighted by atomic mass is 32.2. The molecule has 1 atom stereocenters. The lowest BCUT2D eigenvalue weighted by Gasteiger charge is -2.35. The number of benzene rings is 2. The van der Waals surface area contributed by atoms with E-state index in [-0.39, 0.29) is 29.0 Å². The number of ether oxygens (including phenoxy) is 4. The van der Waals surface area contributed by atoms with Crippen LogP contribution < -0.4 is 14.2 Å². The SMILES string of the molecule is COC(=O)/C=C/c1cc(OC)c(OC)c(S(=O)(=O)NCC(c2ccccc2)N2CCOCC2)c1. The van der Waals surface area contributed by atoms with Crippen molar-refractivity contribution >= 4 is 22.1 Å². The van der Waals surface area contributed by atoms with E-state index in [1.165, 1.54) is 39.5 Å². The monoisotopic (exact) mass is 490 g/mol. The van der Waals surface area contributed by atoms with Crippen molar-refractivity contribution in [2.24, 2.45) is 0 Å². The Morgan fingerprint density at radius 1 is 1.12 bits per heavy atom. The number of carbonyl (C=O) groups is 1. The molecule has 0 aliphatic carbocycles. The van der Waals surface area contributed by atoms with E-state index in [1.54, 1.807) is 6.07 Å². The molecular formula is C24H30N2O7S. The van der Waals surface area contributed by atoms with Crippen LogP contribution in [0.2, 0.25) is 0 Å². The number of nitrogens with zero attached hydrogens (tertiary/aromatic N) is 1. The molecule has 34 heavy (non-hydrogen) atoms. The topological polar surface area (TPSA) is 103 Å². The van der Waals surface area contributed by atoms with Crippen molar-refractivity contribution in [1.29, 1.82) is 0 Å². The number of nitrogens with one attached hydrogen (secondary N) is 1. The minimum absolute atomic E-state index is 0.0767. The Morgan fingerprint density at radius 3 is 2.44 bits per heavy atom. The van der Waals surface area contributed by atoms with Gasteiger partial charge in [0, 0.05) is 31.8 Å². The van der Waals surface area contributed by atoms with Gasteiger partial charge in [-0.3, -0.25) is 4.90 Å². The van der Waals surface area contributed by atoms with Crippen LogP contribution in [0.3, 0.4) is 0 Å². The van der Waals surface area contributed by atoms with Crippen molar-refractivity contribution in [2.75, 3.05) is 54.2 Å². The van der Waals surface area contributed by atoms with Crippen LogP contribution in [-0.2, 0) is 24.3 Å². The third-order valence-corrected chi connectivity index (χ3v) is 6.94. The molecule has 2 aromatic carbocycles. The normalized spacial score (nSPS) is 15.7. The number of morpholine rings is 1. The molecule has 0 bridgehead atoms. The van der Waals surface area contributed by atoms with E-state index in [0.717, 1.165) is 5.56 Å². The summed E-state index contributed by atoms with van der Waals surface area (Å²) in [6.45, 7) is 2.74. The van der Waals surface area contributed by atoms with Crippen LogP contribution in [0.25, 0.3) is 6.08 Å². The molecule has 1 fully saturated rings. The molecular weight excluding hydrogens is 460 g/mol. The predicted molar refractivity (Wildman–Crippen MR) is 127 cm³/mol. The van der Waals surface area contributed by atoms with Crippen molar-refractivity contribution in [1.82, 2.24) is 9.62 Å². The number of sulfonamides is 1. The summed E-state index contributed by atoms with van der Waals surface area (Å²) in [7, 11) is 0.0480. The summed E-state index contributed by atoms with van der Waals surface area (Å²) in [6, 6.07) is 12.6. The standard InChI is InChI=1S/C24H30N2O7S/c1-30-21-15-18(9-10-23(27)31-2)16-22(24(21)32-3)34(28,29)25-17-20(19-7-5-4-6-8-19)26-11-13-33-14-12-26/h4-10,15-16,20,25H,11-14,17H2,1-3H3/b10-9+. The van der Waals surface area contributed by atoms with E-state index in [9.17, 15) is 13.2 Å². The molecule has 1 saturated heterocycles. The number of hydrogen-bond donors (Lipinski definition) is 1. The molecule has 0 aromatic heterocycles. The summed E-state index contributed by atoms with van der Waals surface area (Å²) in [5.41, 5.74) is 1.45. The first kappa shape index (κ1) is 25.7. The van der Waals surface area contributed by atoms with Crippen LogP contribution in [0.5, 0.6) is 11.5 Å². The molecule has 0 saturated carbocycles. The van der Waals surface area contributed by atoms with Gasteiger partial charge in [-0.05, 0) is 29.3 Å². The average molecular weight is 491 g/mol. The van der Waals surface area contributed by atoms with Gasteiger partial charge >= 0.3 is 5.97 Å². The molecule has 1 N–H and O–H groups in total. The number of esters is 1. The first-order valence-corrected chi connectivity index (χ1v) is 12.3. The van der Waals surface area contributed by atoms with Crippen LogP contribution in [0.1, 0.15) is 17.2 Å². The van der Waals surface area contributed by atoms with E-state index in [0.29, 0.717) is 31.9 Å². The second-order valence-corrected chi connectivity index (χ2v) is 9.27. The van der Waals surface area contributed by atoms with Gasteiger partial charge in [-0.25, -0.2) is 17.9 Å². The lowest BCUT2D eigenvalue weighted by atomic mass is 10.1. The molecule has 1 aliphatic rings. The van der Waals surface area contributed by atoms with E-state index >= 15 is 0 Å². The lowest BCUT2D eigenvalue weighted by molar-refractivity contribution is -0.134. The van der Waals surface area contributed by atoms with Gasteiger partial charge in [-0.15, -0.1) is 0 Å². The average Bonchev–Trinajstić information content (AvgIpc) is 2.87. The molecule has 1 unspecified atom stereocenters. The molecule has 0 spiro atoms. The zero-order valence-corrected chi connectivity index (χ0v) is 20.3. The van der Waals surface area contributed by atoms with Crippen LogP contribution >= 0.6 is 0 Å². The van der Waals surface area contributed by atoms with Gasteiger partial charge in [-0.1, -0.05) is 30.3 Å². The molecule has 3 rings (SSSR count). The Morgan fingerprint density at radius 2 is 1.82 bits per heavy atom. The summed E-state index contributed by atoms with van der Waals surface area (Å²) in [5.74, 6) is -0.260. The Hall–Kier alpha value is -2.92. The van der Waals surface area contributed by atoms with Gasteiger partial charge < -0.3 is 18.9 Å². The van der Waals surface area contributed by atoms with E-state index in [1.807, 2.05) is 30.3 Å². The summed E-state index contributed by atoms with van der Waals surface area (Å²) >= 11 is 0. The predicted octanol–water partition coefficient (Wildman–Crippen LogP) is 2.24. The van der Waals surface area contributed by atoms with Gasteiger partial charge in [0.2, 0.25) is 10.0 Å². The van der Waals surface area contributed by atoms with Crippen molar-refractivity contribution in [3.63, 3.8) is 0 Å². The third-order valence-electron chi connectivity index (χ3n) is 5.51. The van der Waals surface area contributed by atoms with E-state index in [2.05, 4.69) is 14.4 Å². The number of carbonyl (C=O) groups excluding carboxylic acids is 1. The van der Waals surface area contributed by atoms with Gasteiger partial charge in [0.05, 0.1) is 34.5 Å². The summed E-state index contributed by atoms with van der Waals surface area (Å²) < 4.78 is 50.4. The Kier molecular flexibility index (Phi) is 9.05. The van der Waals surface area contributed by atoms with Crippen LogP contribution in [0, 0.1) is 0 Å². The summed E-state index contributed by atoms with van der Waals surface area (Å²) in [5, 5.41) is 0. The van der Waals surface area contributed by atoms with E-state index in [4.69, 9.17) is 14.2 Å². The minimum Gasteiger partial charge on any atom is -0.493 e. The highest BCUT2D eigenvalue weighted by Crippen LogP contribution is 2.36.